The number of carboxylic acid groups (broad SMARTS) is 1. The van der Waals surface area contributed by atoms with Gasteiger partial charge in [0.15, 0.2) is 0 Å². The molecule has 0 radical (unpaired) electrons. The molecule has 1 unspecified atom stereocenters. The number of sulfonamides is 1. The average Bonchev–Trinajstić information content (AvgIpc) is 3.43. The molecule has 37 heavy (non-hydrogen) atoms. The lowest BCUT2D eigenvalue weighted by molar-refractivity contribution is -0.138. The molecule has 2 N–H and O–H groups in total. The fraction of sp³-hybridized carbons (Fsp3) is 0.276. The molecular formula is C29H30N2O5S. The molecule has 0 aliphatic carbocycles. The van der Waals surface area contributed by atoms with Crippen LogP contribution in [0.2, 0.25) is 0 Å². The first-order valence-corrected chi connectivity index (χ1v) is 13.7. The number of carboxylic acids is 1. The summed E-state index contributed by atoms with van der Waals surface area (Å²) in [5, 5.41) is 9.50. The van der Waals surface area contributed by atoms with E-state index in [1.807, 2.05) is 42.5 Å². The Balaban J connectivity index is 1.35. The SMILES string of the molecule is O=C(O)C(CC#Cc1ccccc1)NS(=O)(=O)c1ccc(-c2ccc(OCCN3CCCC3)cc2)cc1. The molecule has 8 heteroatoms. The molecule has 0 aromatic heterocycles. The molecule has 1 fully saturated rings. The second-order valence-corrected chi connectivity index (χ2v) is 10.5. The standard InChI is InChI=1S/C29H30N2O5S/c32-29(33)28(10-6-9-23-7-2-1-3-8-23)30-37(34,35)27-17-13-25(14-18-27)24-11-15-26(16-12-24)36-22-21-31-19-4-5-20-31/h1-3,7-8,11-18,28,30H,4-5,10,19-22H2,(H,32,33). The van der Waals surface area contributed by atoms with Crippen LogP contribution in [-0.2, 0) is 14.8 Å². The Morgan fingerprint density at radius 3 is 2.19 bits per heavy atom. The predicted octanol–water partition coefficient (Wildman–Crippen LogP) is 4.00. The third-order valence-electron chi connectivity index (χ3n) is 6.14. The second kappa shape index (κ2) is 12.5. The van der Waals surface area contributed by atoms with Gasteiger partial charge < -0.3 is 9.84 Å². The number of hydrogen-bond donors (Lipinski definition) is 2. The Bertz CT molecular complexity index is 1340. The molecule has 1 aliphatic heterocycles. The summed E-state index contributed by atoms with van der Waals surface area (Å²) in [6, 6.07) is 21.7. The molecule has 0 bridgehead atoms. The van der Waals surface area contributed by atoms with Crippen LogP contribution in [0.25, 0.3) is 11.1 Å². The number of aliphatic carboxylic acids is 1. The van der Waals surface area contributed by atoms with Crippen LogP contribution in [0.1, 0.15) is 24.8 Å². The minimum absolute atomic E-state index is 0.0135. The maximum absolute atomic E-state index is 12.8. The number of carbonyl (C=O) groups is 1. The quantitative estimate of drug-likeness (QED) is 0.394. The highest BCUT2D eigenvalue weighted by Gasteiger charge is 2.24. The Morgan fingerprint density at radius 2 is 1.57 bits per heavy atom. The molecule has 3 aromatic rings. The van der Waals surface area contributed by atoms with Crippen LogP contribution in [0.4, 0.5) is 0 Å². The largest absolute Gasteiger partial charge is 0.492 e. The van der Waals surface area contributed by atoms with Crippen LogP contribution in [-0.4, -0.2) is 56.7 Å². The summed E-state index contributed by atoms with van der Waals surface area (Å²) < 4.78 is 33.7. The molecule has 1 saturated heterocycles. The first-order valence-electron chi connectivity index (χ1n) is 12.3. The second-order valence-electron chi connectivity index (χ2n) is 8.83. The molecule has 4 rings (SSSR count). The van der Waals surface area contributed by atoms with Crippen molar-refractivity contribution >= 4 is 16.0 Å². The molecule has 3 aromatic carbocycles. The number of ether oxygens (including phenoxy) is 1. The van der Waals surface area contributed by atoms with Gasteiger partial charge in [0.25, 0.3) is 0 Å². The van der Waals surface area contributed by atoms with Crippen molar-refractivity contribution in [1.82, 2.24) is 9.62 Å². The van der Waals surface area contributed by atoms with Crippen LogP contribution in [0, 0.1) is 11.8 Å². The summed E-state index contributed by atoms with van der Waals surface area (Å²) in [6.07, 6.45) is 2.36. The van der Waals surface area contributed by atoms with E-state index in [9.17, 15) is 18.3 Å². The smallest absolute Gasteiger partial charge is 0.322 e. The van der Waals surface area contributed by atoms with E-state index in [1.54, 1.807) is 24.3 Å². The summed E-state index contributed by atoms with van der Waals surface area (Å²) in [6.45, 7) is 3.86. The highest BCUT2D eigenvalue weighted by Crippen LogP contribution is 2.24. The van der Waals surface area contributed by atoms with Crippen LogP contribution in [0.15, 0.2) is 83.8 Å². The van der Waals surface area contributed by atoms with Crippen molar-refractivity contribution < 1.29 is 23.1 Å². The zero-order valence-corrected chi connectivity index (χ0v) is 21.3. The van der Waals surface area contributed by atoms with Gasteiger partial charge in [0.2, 0.25) is 10.0 Å². The van der Waals surface area contributed by atoms with Crippen molar-refractivity contribution in [3.05, 3.63) is 84.4 Å². The van der Waals surface area contributed by atoms with Crippen molar-refractivity contribution in [1.29, 1.82) is 0 Å². The van der Waals surface area contributed by atoms with Crippen LogP contribution in [0.3, 0.4) is 0 Å². The van der Waals surface area contributed by atoms with E-state index in [-0.39, 0.29) is 11.3 Å². The van der Waals surface area contributed by atoms with Gasteiger partial charge in [-0.2, -0.15) is 4.72 Å². The monoisotopic (exact) mass is 518 g/mol. The van der Waals surface area contributed by atoms with Crippen molar-refractivity contribution in [2.45, 2.75) is 30.2 Å². The van der Waals surface area contributed by atoms with Crippen molar-refractivity contribution in [3.63, 3.8) is 0 Å². The first kappa shape index (κ1) is 26.4. The van der Waals surface area contributed by atoms with E-state index < -0.39 is 22.0 Å². The highest BCUT2D eigenvalue weighted by molar-refractivity contribution is 7.89. The molecule has 192 valence electrons. The Hall–Kier alpha value is -3.64. The van der Waals surface area contributed by atoms with Gasteiger partial charge in [-0.3, -0.25) is 9.69 Å². The molecule has 1 atom stereocenters. The van der Waals surface area contributed by atoms with E-state index in [1.165, 1.54) is 25.0 Å². The van der Waals surface area contributed by atoms with Gasteiger partial charge in [0.1, 0.15) is 18.4 Å². The third kappa shape index (κ3) is 7.67. The summed E-state index contributed by atoms with van der Waals surface area (Å²) in [7, 11) is -4.05. The number of nitrogens with one attached hydrogen (secondary N) is 1. The van der Waals surface area contributed by atoms with E-state index in [0.29, 0.717) is 6.61 Å². The summed E-state index contributed by atoms with van der Waals surface area (Å²) >= 11 is 0. The maximum Gasteiger partial charge on any atom is 0.322 e. The Morgan fingerprint density at radius 1 is 0.946 bits per heavy atom. The van der Waals surface area contributed by atoms with Crippen molar-refractivity contribution in [2.24, 2.45) is 0 Å². The van der Waals surface area contributed by atoms with E-state index in [2.05, 4.69) is 21.5 Å². The molecule has 7 nitrogen and oxygen atoms in total. The van der Waals surface area contributed by atoms with Gasteiger partial charge in [0, 0.05) is 18.5 Å². The lowest BCUT2D eigenvalue weighted by Crippen LogP contribution is -2.40. The molecule has 1 heterocycles. The Labute approximate surface area is 218 Å². The number of hydrogen-bond acceptors (Lipinski definition) is 5. The molecule has 0 amide bonds. The first-order chi connectivity index (χ1) is 17.9. The normalized spacial score (nSPS) is 14.5. The number of rotatable bonds is 10. The van der Waals surface area contributed by atoms with E-state index >= 15 is 0 Å². The van der Waals surface area contributed by atoms with Gasteiger partial charge in [-0.1, -0.05) is 54.3 Å². The number of nitrogens with zero attached hydrogens (tertiary/aromatic N) is 1. The number of benzene rings is 3. The van der Waals surface area contributed by atoms with Gasteiger partial charge in [-0.15, -0.1) is 0 Å². The van der Waals surface area contributed by atoms with Gasteiger partial charge in [-0.05, 0) is 73.5 Å². The van der Waals surface area contributed by atoms with Gasteiger partial charge >= 0.3 is 5.97 Å². The van der Waals surface area contributed by atoms with E-state index in [0.717, 1.165) is 42.1 Å². The molecule has 0 spiro atoms. The minimum Gasteiger partial charge on any atom is -0.492 e. The zero-order chi connectivity index (χ0) is 26.1. The maximum atomic E-state index is 12.8. The predicted molar refractivity (Wildman–Crippen MR) is 143 cm³/mol. The summed E-state index contributed by atoms with van der Waals surface area (Å²) in [4.78, 5) is 14.0. The van der Waals surface area contributed by atoms with E-state index in [4.69, 9.17) is 4.74 Å². The molecule has 1 aliphatic rings. The Kier molecular flexibility index (Phi) is 8.96. The summed E-state index contributed by atoms with van der Waals surface area (Å²) in [5.41, 5.74) is 2.49. The average molecular weight is 519 g/mol. The fourth-order valence-electron chi connectivity index (χ4n) is 4.08. The van der Waals surface area contributed by atoms with Crippen molar-refractivity contribution in [2.75, 3.05) is 26.2 Å². The lowest BCUT2D eigenvalue weighted by Gasteiger charge is -2.15. The minimum atomic E-state index is -4.05. The molecular weight excluding hydrogens is 488 g/mol. The highest BCUT2D eigenvalue weighted by atomic mass is 32.2. The van der Waals surface area contributed by atoms with Crippen LogP contribution >= 0.6 is 0 Å². The van der Waals surface area contributed by atoms with Gasteiger partial charge in [0.05, 0.1) is 4.90 Å². The summed E-state index contributed by atoms with van der Waals surface area (Å²) in [5.74, 6) is 5.10. The van der Waals surface area contributed by atoms with Gasteiger partial charge in [-0.25, -0.2) is 8.42 Å². The topological polar surface area (TPSA) is 95.9 Å². The van der Waals surface area contributed by atoms with Crippen molar-refractivity contribution in [3.8, 4) is 28.7 Å². The van der Waals surface area contributed by atoms with Crippen LogP contribution in [0.5, 0.6) is 5.75 Å². The fourth-order valence-corrected chi connectivity index (χ4v) is 5.27. The van der Waals surface area contributed by atoms with Crippen LogP contribution < -0.4 is 9.46 Å². The third-order valence-corrected chi connectivity index (χ3v) is 7.62. The number of likely N-dealkylation sites (tertiary alicyclic amines) is 1. The zero-order valence-electron chi connectivity index (χ0n) is 20.5. The molecule has 0 saturated carbocycles. The lowest BCUT2D eigenvalue weighted by atomic mass is 10.1.